The van der Waals surface area contributed by atoms with Gasteiger partial charge in [0.1, 0.15) is 0 Å². The summed E-state index contributed by atoms with van der Waals surface area (Å²) in [5.74, 6) is 0.0614. The van der Waals surface area contributed by atoms with Crippen molar-refractivity contribution in [3.63, 3.8) is 0 Å². The van der Waals surface area contributed by atoms with Crippen molar-refractivity contribution in [3.05, 3.63) is 35.4 Å². The van der Waals surface area contributed by atoms with Crippen LogP contribution in [-0.4, -0.2) is 16.9 Å². The van der Waals surface area contributed by atoms with Crippen LogP contribution in [0.25, 0.3) is 0 Å². The zero-order valence-corrected chi connectivity index (χ0v) is 10.7. The first-order valence-electron chi connectivity index (χ1n) is 5.98. The highest BCUT2D eigenvalue weighted by Crippen LogP contribution is 2.14. The Labute approximate surface area is 103 Å². The molecule has 2 unspecified atom stereocenters. The van der Waals surface area contributed by atoms with Gasteiger partial charge in [-0.2, -0.15) is 0 Å². The van der Waals surface area contributed by atoms with E-state index in [2.05, 4.69) is 0 Å². The predicted octanol–water partition coefficient (Wildman–Crippen LogP) is 1.83. The Morgan fingerprint density at radius 3 is 2.18 bits per heavy atom. The van der Waals surface area contributed by atoms with E-state index >= 15 is 0 Å². The van der Waals surface area contributed by atoms with E-state index in [1.165, 1.54) is 0 Å². The summed E-state index contributed by atoms with van der Waals surface area (Å²) in [5, 5.41) is 9.38. The molecule has 1 rings (SSSR count). The van der Waals surface area contributed by atoms with Gasteiger partial charge in [0, 0.05) is 5.92 Å². The van der Waals surface area contributed by atoms with Gasteiger partial charge in [-0.15, -0.1) is 0 Å². The number of carbonyl (C=O) groups excluding carboxylic acids is 1. The fourth-order valence-electron chi connectivity index (χ4n) is 1.71. The molecule has 17 heavy (non-hydrogen) atoms. The van der Waals surface area contributed by atoms with Gasteiger partial charge in [0.15, 0.2) is 5.78 Å². The lowest BCUT2D eigenvalue weighted by Gasteiger charge is -2.13. The number of ketones is 1. The molecule has 0 aliphatic heterocycles. The molecule has 1 aromatic rings. The second-order valence-electron chi connectivity index (χ2n) is 4.79. The monoisotopic (exact) mass is 235 g/mol. The third-order valence-electron chi connectivity index (χ3n) is 2.85. The lowest BCUT2D eigenvalue weighted by atomic mass is 9.96. The third-order valence-corrected chi connectivity index (χ3v) is 2.85. The van der Waals surface area contributed by atoms with E-state index in [1.807, 2.05) is 38.1 Å². The molecule has 0 amide bonds. The Bertz CT molecular complexity index is 368. The molecule has 0 aliphatic rings. The molecule has 94 valence electrons. The summed E-state index contributed by atoms with van der Waals surface area (Å²) in [6.07, 6.45) is 0.0897. The van der Waals surface area contributed by atoms with Gasteiger partial charge in [0.25, 0.3) is 0 Å². The predicted molar refractivity (Wildman–Crippen MR) is 68.6 cm³/mol. The smallest absolute Gasteiger partial charge is 0.152 e. The number of hydrogen-bond donors (Lipinski definition) is 2. The number of aliphatic hydroxyl groups is 1. The molecule has 3 heteroatoms. The normalized spacial score (nSPS) is 14.7. The summed E-state index contributed by atoms with van der Waals surface area (Å²) in [5.41, 5.74) is 7.75. The summed E-state index contributed by atoms with van der Waals surface area (Å²) < 4.78 is 0. The van der Waals surface area contributed by atoms with Crippen LogP contribution in [0.15, 0.2) is 24.3 Å². The zero-order chi connectivity index (χ0) is 13.0. The van der Waals surface area contributed by atoms with E-state index in [-0.39, 0.29) is 11.7 Å². The van der Waals surface area contributed by atoms with E-state index < -0.39 is 12.1 Å². The van der Waals surface area contributed by atoms with E-state index in [4.69, 9.17) is 5.73 Å². The van der Waals surface area contributed by atoms with E-state index in [9.17, 15) is 9.90 Å². The lowest BCUT2D eigenvalue weighted by Crippen LogP contribution is -2.35. The van der Waals surface area contributed by atoms with Gasteiger partial charge in [-0.1, -0.05) is 38.1 Å². The Morgan fingerprint density at radius 2 is 1.76 bits per heavy atom. The number of nitrogens with two attached hydrogens (primary N) is 1. The minimum Gasteiger partial charge on any atom is -0.389 e. The molecule has 0 saturated heterocycles. The number of rotatable bonds is 5. The first-order valence-corrected chi connectivity index (χ1v) is 5.98. The number of Topliss-reactive ketones (excluding diaryl/α,β-unsaturated/α-hetero) is 1. The van der Waals surface area contributed by atoms with Gasteiger partial charge in [0.05, 0.1) is 12.1 Å². The number of benzene rings is 1. The van der Waals surface area contributed by atoms with Crippen molar-refractivity contribution in [3.8, 4) is 0 Å². The van der Waals surface area contributed by atoms with Crippen molar-refractivity contribution in [1.29, 1.82) is 0 Å². The highest BCUT2D eigenvalue weighted by Gasteiger charge is 2.17. The molecule has 0 fully saturated rings. The van der Waals surface area contributed by atoms with Crippen molar-refractivity contribution in [2.24, 2.45) is 11.7 Å². The summed E-state index contributed by atoms with van der Waals surface area (Å²) in [6, 6.07) is 7.12. The Hall–Kier alpha value is -1.19. The molecule has 1 aromatic carbocycles. The minimum absolute atomic E-state index is 0.0262. The molecule has 0 radical (unpaired) electrons. The molecule has 0 heterocycles. The van der Waals surface area contributed by atoms with E-state index in [0.29, 0.717) is 6.42 Å². The zero-order valence-electron chi connectivity index (χ0n) is 10.7. The van der Waals surface area contributed by atoms with Crippen molar-refractivity contribution in [1.82, 2.24) is 0 Å². The number of aliphatic hydroxyl groups excluding tert-OH is 1. The third kappa shape index (κ3) is 3.95. The van der Waals surface area contributed by atoms with Crippen LogP contribution in [0.2, 0.25) is 0 Å². The molecule has 3 nitrogen and oxygen atoms in total. The van der Waals surface area contributed by atoms with Crippen LogP contribution in [0.4, 0.5) is 0 Å². The molecule has 0 aromatic heterocycles. The van der Waals surface area contributed by atoms with Crippen LogP contribution in [0.3, 0.4) is 0 Å². The quantitative estimate of drug-likeness (QED) is 0.818. The van der Waals surface area contributed by atoms with Crippen LogP contribution < -0.4 is 5.73 Å². The fourth-order valence-corrected chi connectivity index (χ4v) is 1.71. The topological polar surface area (TPSA) is 63.3 Å². The molecule has 0 spiro atoms. The summed E-state index contributed by atoms with van der Waals surface area (Å²) in [6.45, 7) is 5.44. The first-order chi connectivity index (χ1) is 7.91. The van der Waals surface area contributed by atoms with Crippen molar-refractivity contribution < 1.29 is 9.90 Å². The van der Waals surface area contributed by atoms with Gasteiger partial charge < -0.3 is 10.8 Å². The average molecular weight is 235 g/mol. The van der Waals surface area contributed by atoms with Gasteiger partial charge in [-0.25, -0.2) is 0 Å². The minimum atomic E-state index is -0.463. The van der Waals surface area contributed by atoms with E-state index in [1.54, 1.807) is 6.92 Å². The van der Waals surface area contributed by atoms with Crippen molar-refractivity contribution in [2.45, 2.75) is 39.3 Å². The second kappa shape index (κ2) is 5.94. The molecule has 3 N–H and O–H groups in total. The van der Waals surface area contributed by atoms with Crippen molar-refractivity contribution >= 4 is 5.78 Å². The first kappa shape index (κ1) is 13.9. The molecule has 0 saturated carbocycles. The Kier molecular flexibility index (Phi) is 4.85. The average Bonchev–Trinajstić information content (AvgIpc) is 2.28. The number of hydrogen-bond acceptors (Lipinski definition) is 3. The van der Waals surface area contributed by atoms with Gasteiger partial charge in [-0.3, -0.25) is 4.79 Å². The van der Waals surface area contributed by atoms with Crippen LogP contribution in [0.1, 0.15) is 38.0 Å². The van der Waals surface area contributed by atoms with Crippen molar-refractivity contribution in [2.75, 3.05) is 0 Å². The summed E-state index contributed by atoms with van der Waals surface area (Å²) in [4.78, 5) is 11.7. The number of carbonyl (C=O) groups is 1. The maximum absolute atomic E-state index is 11.7. The standard InChI is InChI=1S/C14H21NO2/c1-9(2)14(17)13(15)8-11-4-6-12(7-5-11)10(3)16/h4-7,9-10,13,16H,8,15H2,1-3H3. The second-order valence-corrected chi connectivity index (χ2v) is 4.79. The van der Waals surface area contributed by atoms with Crippen LogP contribution in [0.5, 0.6) is 0 Å². The Balaban J connectivity index is 2.66. The van der Waals surface area contributed by atoms with Crippen LogP contribution in [0, 0.1) is 5.92 Å². The van der Waals surface area contributed by atoms with Crippen LogP contribution >= 0.6 is 0 Å². The molecule has 0 aliphatic carbocycles. The maximum atomic E-state index is 11.7. The van der Waals surface area contributed by atoms with E-state index in [0.717, 1.165) is 11.1 Å². The molecule has 2 atom stereocenters. The summed E-state index contributed by atoms with van der Waals surface area (Å²) >= 11 is 0. The molecular formula is C14H21NO2. The van der Waals surface area contributed by atoms with Gasteiger partial charge >= 0.3 is 0 Å². The molecule has 0 bridgehead atoms. The molecular weight excluding hydrogens is 214 g/mol. The highest BCUT2D eigenvalue weighted by atomic mass is 16.3. The van der Waals surface area contributed by atoms with Gasteiger partial charge in [-0.05, 0) is 24.5 Å². The fraction of sp³-hybridized carbons (Fsp3) is 0.500. The maximum Gasteiger partial charge on any atom is 0.152 e. The Morgan fingerprint density at radius 1 is 1.24 bits per heavy atom. The summed E-state index contributed by atoms with van der Waals surface area (Å²) in [7, 11) is 0. The SMILES string of the molecule is CC(C)C(=O)C(N)Cc1ccc(C(C)O)cc1. The van der Waals surface area contributed by atoms with Gasteiger partial charge in [0.2, 0.25) is 0 Å². The largest absolute Gasteiger partial charge is 0.389 e. The highest BCUT2D eigenvalue weighted by molar-refractivity contribution is 5.85. The van der Waals surface area contributed by atoms with Crippen LogP contribution in [-0.2, 0) is 11.2 Å². The lowest BCUT2D eigenvalue weighted by molar-refractivity contribution is -0.123.